The van der Waals surface area contributed by atoms with E-state index in [1.165, 1.54) is 7.11 Å². The summed E-state index contributed by atoms with van der Waals surface area (Å²) in [5.74, 6) is -0.534. The number of esters is 1. The van der Waals surface area contributed by atoms with E-state index in [0.717, 1.165) is 5.56 Å². The summed E-state index contributed by atoms with van der Waals surface area (Å²) in [6.45, 7) is 6.50. The number of amides is 2. The first kappa shape index (κ1) is 27.6. The van der Waals surface area contributed by atoms with Gasteiger partial charge in [0.15, 0.2) is 0 Å². The molecule has 2 amide bonds. The molecule has 2 aromatic carbocycles. The van der Waals surface area contributed by atoms with E-state index < -0.39 is 23.5 Å². The zero-order valence-corrected chi connectivity index (χ0v) is 22.2. The molecule has 0 unspecified atom stereocenters. The van der Waals surface area contributed by atoms with Gasteiger partial charge in [-0.2, -0.15) is 0 Å². The summed E-state index contributed by atoms with van der Waals surface area (Å²) in [6.07, 6.45) is 0.391. The molecule has 1 saturated heterocycles. The highest BCUT2D eigenvalue weighted by molar-refractivity contribution is 6.39. The van der Waals surface area contributed by atoms with Crippen molar-refractivity contribution < 1.29 is 28.6 Å². The first-order chi connectivity index (χ1) is 17.0. The maximum absolute atomic E-state index is 12.8. The topological polar surface area (TPSA) is 94.2 Å². The van der Waals surface area contributed by atoms with Gasteiger partial charge in [0.2, 0.25) is 0 Å². The van der Waals surface area contributed by atoms with Gasteiger partial charge >= 0.3 is 12.1 Å². The number of halogens is 2. The molecule has 1 heterocycles. The Morgan fingerprint density at radius 3 is 2.31 bits per heavy atom. The Morgan fingerprint density at radius 2 is 1.72 bits per heavy atom. The lowest BCUT2D eigenvalue weighted by Gasteiger charge is -2.24. The van der Waals surface area contributed by atoms with E-state index in [4.69, 9.17) is 37.4 Å². The Morgan fingerprint density at radius 1 is 1.08 bits per heavy atom. The molecule has 10 heteroatoms. The molecular formula is C26H30Cl2N2O6. The quantitative estimate of drug-likeness (QED) is 0.506. The Kier molecular flexibility index (Phi) is 9.08. The number of likely N-dealkylation sites (tertiary alicyclic amines) is 1. The van der Waals surface area contributed by atoms with Gasteiger partial charge in [-0.15, -0.1) is 0 Å². The van der Waals surface area contributed by atoms with E-state index in [-0.39, 0.29) is 34.2 Å². The fourth-order valence-corrected chi connectivity index (χ4v) is 4.30. The number of benzene rings is 2. The number of rotatable bonds is 7. The van der Waals surface area contributed by atoms with E-state index in [1.54, 1.807) is 47.4 Å². The summed E-state index contributed by atoms with van der Waals surface area (Å²) >= 11 is 12.2. The van der Waals surface area contributed by atoms with Gasteiger partial charge in [-0.3, -0.25) is 4.79 Å². The van der Waals surface area contributed by atoms with Crippen LogP contribution in [0.3, 0.4) is 0 Å². The largest absolute Gasteiger partial charge is 0.489 e. The highest BCUT2D eigenvalue weighted by Crippen LogP contribution is 2.25. The Labute approximate surface area is 220 Å². The van der Waals surface area contributed by atoms with Gasteiger partial charge < -0.3 is 24.4 Å². The number of carbonyl (C=O) groups is 3. The molecule has 0 aliphatic carbocycles. The lowest BCUT2D eigenvalue weighted by atomic mass is 10.0. The zero-order valence-electron chi connectivity index (χ0n) is 20.7. The molecule has 0 aromatic heterocycles. The molecule has 1 aliphatic heterocycles. The van der Waals surface area contributed by atoms with E-state index in [1.807, 2.05) is 20.8 Å². The van der Waals surface area contributed by atoms with Gasteiger partial charge in [-0.05, 0) is 50.6 Å². The minimum atomic E-state index is -0.946. The summed E-state index contributed by atoms with van der Waals surface area (Å²) in [5.41, 5.74) is 0.327. The Hall–Kier alpha value is -2.97. The summed E-state index contributed by atoms with van der Waals surface area (Å²) in [6, 6.07) is 11.0. The van der Waals surface area contributed by atoms with Crippen LogP contribution < -0.4 is 10.1 Å². The maximum Gasteiger partial charge on any atom is 0.410 e. The van der Waals surface area contributed by atoms with Crippen LogP contribution in [0.1, 0.15) is 43.1 Å². The van der Waals surface area contributed by atoms with E-state index >= 15 is 0 Å². The summed E-state index contributed by atoms with van der Waals surface area (Å²) < 4.78 is 16.3. The Bertz CT molecular complexity index is 1080. The summed E-state index contributed by atoms with van der Waals surface area (Å²) in [5, 5.41) is 3.02. The first-order valence-electron chi connectivity index (χ1n) is 11.5. The number of hydrogen-bond acceptors (Lipinski definition) is 6. The highest BCUT2D eigenvalue weighted by atomic mass is 35.5. The second kappa shape index (κ2) is 11.8. The van der Waals surface area contributed by atoms with Crippen molar-refractivity contribution in [1.82, 2.24) is 10.2 Å². The second-order valence-electron chi connectivity index (χ2n) is 9.45. The van der Waals surface area contributed by atoms with Crippen molar-refractivity contribution in [2.45, 2.75) is 51.4 Å². The van der Waals surface area contributed by atoms with Crippen molar-refractivity contribution in [2.24, 2.45) is 0 Å². The van der Waals surface area contributed by atoms with Gasteiger partial charge in [0.05, 0.1) is 29.3 Å². The van der Waals surface area contributed by atoms with Crippen molar-refractivity contribution in [3.05, 3.63) is 63.6 Å². The minimum Gasteiger partial charge on any atom is -0.489 e. The third-order valence-corrected chi connectivity index (χ3v) is 6.07. The van der Waals surface area contributed by atoms with Gasteiger partial charge in [-0.25, -0.2) is 9.59 Å². The molecule has 0 saturated carbocycles. The van der Waals surface area contributed by atoms with Gasteiger partial charge in [-0.1, -0.05) is 41.4 Å². The first-order valence-corrected chi connectivity index (χ1v) is 12.3. The number of hydrogen-bond donors (Lipinski definition) is 1. The van der Waals surface area contributed by atoms with Crippen LogP contribution in [0, 0.1) is 0 Å². The third-order valence-electron chi connectivity index (χ3n) is 5.44. The number of carbonyl (C=O) groups excluding carboxylic acids is 3. The molecule has 1 N–H and O–H groups in total. The smallest absolute Gasteiger partial charge is 0.410 e. The molecule has 0 spiro atoms. The number of nitrogens with zero attached hydrogens (tertiary/aromatic N) is 1. The minimum absolute atomic E-state index is 0.0930. The van der Waals surface area contributed by atoms with E-state index in [2.05, 4.69) is 5.32 Å². The predicted octanol–water partition coefficient (Wildman–Crippen LogP) is 4.90. The Balaban J connectivity index is 1.60. The molecule has 1 fully saturated rings. The van der Waals surface area contributed by atoms with Crippen LogP contribution in [0.5, 0.6) is 5.75 Å². The van der Waals surface area contributed by atoms with Crippen LogP contribution in [-0.4, -0.2) is 60.8 Å². The lowest BCUT2D eigenvalue weighted by Crippen LogP contribution is -2.43. The van der Waals surface area contributed by atoms with Crippen molar-refractivity contribution in [3.8, 4) is 5.75 Å². The van der Waals surface area contributed by atoms with Gasteiger partial charge in [0, 0.05) is 19.4 Å². The zero-order chi connectivity index (χ0) is 26.5. The monoisotopic (exact) mass is 536 g/mol. The van der Waals surface area contributed by atoms with Crippen molar-refractivity contribution in [2.75, 3.05) is 20.2 Å². The SMILES string of the molecule is COC(=O)[C@H](Cc1ccc(O[C@@H]2CCN(C(=O)OC(C)(C)C)C2)cc1)NC(=O)c1c(Cl)cccc1Cl. The average Bonchev–Trinajstić information content (AvgIpc) is 3.27. The molecular weight excluding hydrogens is 507 g/mol. The van der Waals surface area contributed by atoms with Crippen LogP contribution in [0.25, 0.3) is 0 Å². The van der Waals surface area contributed by atoms with Gasteiger partial charge in [0.1, 0.15) is 23.5 Å². The number of methoxy groups -OCH3 is 1. The van der Waals surface area contributed by atoms with Crippen LogP contribution >= 0.6 is 23.2 Å². The summed E-state index contributed by atoms with van der Waals surface area (Å²) in [7, 11) is 1.25. The van der Waals surface area contributed by atoms with Gasteiger partial charge in [0.25, 0.3) is 5.91 Å². The highest BCUT2D eigenvalue weighted by Gasteiger charge is 2.31. The maximum atomic E-state index is 12.8. The molecule has 0 bridgehead atoms. The average molecular weight is 537 g/mol. The van der Waals surface area contributed by atoms with Crippen LogP contribution in [0.15, 0.2) is 42.5 Å². The molecule has 1 aliphatic rings. The van der Waals surface area contributed by atoms with E-state index in [9.17, 15) is 14.4 Å². The standard InChI is InChI=1S/C26H30Cl2N2O6/c1-26(2,3)36-25(33)30-13-12-18(15-30)35-17-10-8-16(9-11-17)14-21(24(32)34-4)29-23(31)22-19(27)6-5-7-20(22)28/h5-11,18,21H,12-15H2,1-4H3,(H,29,31)/t18-,21+/m1/s1. The van der Waals surface area contributed by atoms with Crippen molar-refractivity contribution in [3.63, 3.8) is 0 Å². The summed E-state index contributed by atoms with van der Waals surface area (Å²) in [4.78, 5) is 39.0. The lowest BCUT2D eigenvalue weighted by molar-refractivity contribution is -0.142. The van der Waals surface area contributed by atoms with Crippen molar-refractivity contribution >= 4 is 41.2 Å². The number of ether oxygens (including phenoxy) is 3. The van der Waals surface area contributed by atoms with Crippen LogP contribution in [0.4, 0.5) is 4.79 Å². The predicted molar refractivity (Wildman–Crippen MR) is 137 cm³/mol. The molecule has 8 nitrogen and oxygen atoms in total. The number of nitrogens with one attached hydrogen (secondary N) is 1. The van der Waals surface area contributed by atoms with Crippen molar-refractivity contribution in [1.29, 1.82) is 0 Å². The van der Waals surface area contributed by atoms with Crippen LogP contribution in [0.2, 0.25) is 10.0 Å². The molecule has 2 atom stereocenters. The molecule has 36 heavy (non-hydrogen) atoms. The molecule has 0 radical (unpaired) electrons. The second-order valence-corrected chi connectivity index (χ2v) is 10.3. The third kappa shape index (κ3) is 7.51. The molecule has 194 valence electrons. The molecule has 2 aromatic rings. The van der Waals surface area contributed by atoms with Crippen LogP contribution in [-0.2, 0) is 20.7 Å². The molecule has 3 rings (SSSR count). The fourth-order valence-electron chi connectivity index (χ4n) is 3.73. The normalized spacial score (nSPS) is 16.3. The van der Waals surface area contributed by atoms with E-state index in [0.29, 0.717) is 25.3 Å². The fraction of sp³-hybridized carbons (Fsp3) is 0.423.